The van der Waals surface area contributed by atoms with Gasteiger partial charge in [-0.15, -0.1) is 0 Å². The summed E-state index contributed by atoms with van der Waals surface area (Å²) in [7, 11) is 0. The van der Waals surface area contributed by atoms with E-state index in [1.165, 1.54) is 32.3 Å². The first kappa shape index (κ1) is 31.4. The van der Waals surface area contributed by atoms with Crippen LogP contribution in [0.4, 0.5) is 0 Å². The van der Waals surface area contributed by atoms with Crippen molar-refractivity contribution >= 4 is 32.3 Å². The molecule has 9 aromatic rings. The molecule has 0 radical (unpaired) electrons. The first-order valence-electron chi connectivity index (χ1n) is 18.8. The van der Waals surface area contributed by atoms with Crippen molar-refractivity contribution in [3.63, 3.8) is 0 Å². The molecular formula is C51H33N3O. The van der Waals surface area contributed by atoms with E-state index in [1.54, 1.807) is 0 Å². The normalized spacial score (nSPS) is 15.6. The minimum Gasteiger partial charge on any atom is -0.485 e. The van der Waals surface area contributed by atoms with E-state index in [2.05, 4.69) is 176 Å². The summed E-state index contributed by atoms with van der Waals surface area (Å²) >= 11 is 0. The molecule has 0 bridgehead atoms. The Labute approximate surface area is 318 Å². The SMILES string of the molecule is C1=CC2Oc3cccc(-c4nc(-c5cccc(-c6ccccc6)c5)nc(-c5ccccc5-c5cc6c7ccccc7ccc6c6ccccc56)n4)c3C2C=C1. The number of hydrogen-bond acceptors (Lipinski definition) is 4. The van der Waals surface area contributed by atoms with E-state index in [1.807, 2.05) is 12.1 Å². The second-order valence-electron chi connectivity index (χ2n) is 14.2. The van der Waals surface area contributed by atoms with Gasteiger partial charge in [-0.2, -0.15) is 0 Å². The summed E-state index contributed by atoms with van der Waals surface area (Å²) in [6.45, 7) is 0. The summed E-state index contributed by atoms with van der Waals surface area (Å²) in [4.78, 5) is 15.9. The number of ether oxygens (including phenoxy) is 1. The number of allylic oxidation sites excluding steroid dienone is 2. The van der Waals surface area contributed by atoms with Crippen molar-refractivity contribution in [1.82, 2.24) is 15.0 Å². The fourth-order valence-corrected chi connectivity index (χ4v) is 8.50. The molecule has 0 spiro atoms. The number of fused-ring (bicyclic) bond motifs is 8. The molecule has 0 N–H and O–H groups in total. The number of hydrogen-bond donors (Lipinski definition) is 0. The van der Waals surface area contributed by atoms with E-state index in [9.17, 15) is 0 Å². The van der Waals surface area contributed by atoms with Crippen LogP contribution >= 0.6 is 0 Å². The number of nitrogens with zero attached hydrogens (tertiary/aromatic N) is 3. The van der Waals surface area contributed by atoms with Crippen molar-refractivity contribution in [3.8, 4) is 62.2 Å². The average molecular weight is 704 g/mol. The van der Waals surface area contributed by atoms with Gasteiger partial charge in [-0.25, -0.2) is 15.0 Å². The predicted octanol–water partition coefficient (Wildman–Crippen LogP) is 12.6. The molecule has 2 atom stereocenters. The van der Waals surface area contributed by atoms with Crippen molar-refractivity contribution in [1.29, 1.82) is 0 Å². The van der Waals surface area contributed by atoms with E-state index < -0.39 is 0 Å². The Morgan fingerprint density at radius 3 is 1.91 bits per heavy atom. The molecule has 4 heteroatoms. The lowest BCUT2D eigenvalue weighted by Gasteiger charge is -2.17. The summed E-state index contributed by atoms with van der Waals surface area (Å²) < 4.78 is 6.44. The van der Waals surface area contributed by atoms with Gasteiger partial charge in [0.2, 0.25) is 0 Å². The molecule has 0 fully saturated rings. The lowest BCUT2D eigenvalue weighted by Crippen LogP contribution is -2.16. The molecule has 1 aliphatic heterocycles. The molecule has 1 aliphatic carbocycles. The van der Waals surface area contributed by atoms with Crippen molar-refractivity contribution < 1.29 is 4.74 Å². The van der Waals surface area contributed by atoms with Crippen LogP contribution in [-0.4, -0.2) is 21.1 Å². The quantitative estimate of drug-likeness (QED) is 0.167. The zero-order valence-electron chi connectivity index (χ0n) is 29.8. The van der Waals surface area contributed by atoms with E-state index in [0.717, 1.165) is 50.3 Å². The third kappa shape index (κ3) is 5.25. The van der Waals surface area contributed by atoms with Crippen LogP contribution in [-0.2, 0) is 0 Å². The largest absolute Gasteiger partial charge is 0.485 e. The first-order chi connectivity index (χ1) is 27.3. The standard InChI is InChI=1S/C51H33N3O/c1-2-14-32(15-3-1)34-17-12-18-35(30-34)49-52-50(54-51(53-49)43-25-13-27-47-48(43)42-24-10-11-26-46(42)55-47)41-23-9-8-22-39(41)45-31-44-36-19-5-4-16-33(36)28-29-40(44)37-20-6-7-21-38(37)45/h1-31,42,46H. The van der Waals surface area contributed by atoms with Gasteiger partial charge in [0.15, 0.2) is 17.5 Å². The third-order valence-electron chi connectivity index (χ3n) is 11.1. The van der Waals surface area contributed by atoms with E-state index in [4.69, 9.17) is 19.7 Å². The number of benzene rings is 8. The van der Waals surface area contributed by atoms with Gasteiger partial charge in [0.1, 0.15) is 11.9 Å². The predicted molar refractivity (Wildman–Crippen MR) is 225 cm³/mol. The molecule has 0 amide bonds. The highest BCUT2D eigenvalue weighted by Gasteiger charge is 2.35. The summed E-state index contributed by atoms with van der Waals surface area (Å²) in [5, 5.41) is 7.32. The minimum absolute atomic E-state index is 0.0533. The van der Waals surface area contributed by atoms with Gasteiger partial charge in [-0.3, -0.25) is 0 Å². The van der Waals surface area contributed by atoms with Gasteiger partial charge in [-0.05, 0) is 78.8 Å². The number of rotatable bonds is 5. The minimum atomic E-state index is -0.0533. The van der Waals surface area contributed by atoms with Crippen LogP contribution in [0.5, 0.6) is 5.75 Å². The summed E-state index contributed by atoms with van der Waals surface area (Å²) in [6, 6.07) is 57.9. The van der Waals surface area contributed by atoms with Gasteiger partial charge in [0.05, 0.1) is 0 Å². The Bertz CT molecular complexity index is 3040. The third-order valence-corrected chi connectivity index (χ3v) is 11.1. The fraction of sp³-hybridized carbons (Fsp3) is 0.0392. The van der Waals surface area contributed by atoms with Gasteiger partial charge in [0.25, 0.3) is 0 Å². The molecule has 0 saturated carbocycles. The lowest BCUT2D eigenvalue weighted by atomic mass is 9.88. The lowest BCUT2D eigenvalue weighted by molar-refractivity contribution is 0.269. The van der Waals surface area contributed by atoms with Crippen LogP contribution in [0.15, 0.2) is 188 Å². The van der Waals surface area contributed by atoms with Gasteiger partial charge in [0, 0.05) is 28.2 Å². The van der Waals surface area contributed by atoms with E-state index in [0.29, 0.717) is 17.5 Å². The van der Waals surface area contributed by atoms with Crippen LogP contribution < -0.4 is 4.74 Å². The molecule has 11 rings (SSSR count). The van der Waals surface area contributed by atoms with Crippen LogP contribution in [0, 0.1) is 0 Å². The van der Waals surface area contributed by atoms with Crippen LogP contribution in [0.25, 0.3) is 88.7 Å². The Morgan fingerprint density at radius 1 is 0.382 bits per heavy atom. The summed E-state index contributed by atoms with van der Waals surface area (Å²) in [6.07, 6.45) is 8.45. The van der Waals surface area contributed by atoms with Gasteiger partial charge < -0.3 is 4.74 Å². The zero-order valence-corrected chi connectivity index (χ0v) is 29.8. The second-order valence-corrected chi connectivity index (χ2v) is 14.2. The van der Waals surface area contributed by atoms with Crippen molar-refractivity contribution in [2.24, 2.45) is 0 Å². The molecule has 8 aromatic carbocycles. The smallest absolute Gasteiger partial charge is 0.164 e. The highest BCUT2D eigenvalue weighted by atomic mass is 16.5. The van der Waals surface area contributed by atoms with Crippen LogP contribution in [0.2, 0.25) is 0 Å². The van der Waals surface area contributed by atoms with Crippen LogP contribution in [0.1, 0.15) is 11.5 Å². The molecular weight excluding hydrogens is 671 g/mol. The average Bonchev–Trinajstić information content (AvgIpc) is 3.65. The fourth-order valence-electron chi connectivity index (χ4n) is 8.50. The van der Waals surface area contributed by atoms with Gasteiger partial charge >= 0.3 is 0 Å². The number of aromatic nitrogens is 3. The molecule has 55 heavy (non-hydrogen) atoms. The summed E-state index contributed by atoms with van der Waals surface area (Å²) in [5.41, 5.74) is 8.38. The monoisotopic (exact) mass is 703 g/mol. The molecule has 2 unspecified atom stereocenters. The highest BCUT2D eigenvalue weighted by Crippen LogP contribution is 2.47. The summed E-state index contributed by atoms with van der Waals surface area (Å²) in [5.74, 6) is 2.81. The maximum Gasteiger partial charge on any atom is 0.164 e. The van der Waals surface area contributed by atoms with Crippen LogP contribution in [0.3, 0.4) is 0 Å². The Balaban J connectivity index is 1.16. The topological polar surface area (TPSA) is 47.9 Å². The molecule has 0 saturated heterocycles. The van der Waals surface area contributed by atoms with Crippen molar-refractivity contribution in [2.45, 2.75) is 12.0 Å². The van der Waals surface area contributed by atoms with Crippen molar-refractivity contribution in [3.05, 3.63) is 194 Å². The van der Waals surface area contributed by atoms with E-state index >= 15 is 0 Å². The highest BCUT2D eigenvalue weighted by molar-refractivity contribution is 6.21. The molecule has 258 valence electrons. The maximum absolute atomic E-state index is 6.44. The van der Waals surface area contributed by atoms with E-state index in [-0.39, 0.29) is 12.0 Å². The molecule has 1 aromatic heterocycles. The molecule has 2 aliphatic rings. The Morgan fingerprint density at radius 2 is 1.02 bits per heavy atom. The first-order valence-corrected chi connectivity index (χ1v) is 18.8. The van der Waals surface area contributed by atoms with Gasteiger partial charge in [-0.1, -0.05) is 164 Å². The molecule has 4 nitrogen and oxygen atoms in total. The maximum atomic E-state index is 6.44. The van der Waals surface area contributed by atoms with Crippen molar-refractivity contribution in [2.75, 3.05) is 0 Å². The molecule has 2 heterocycles. The Kier molecular flexibility index (Phi) is 7.27. The second kappa shape index (κ2) is 12.8. The zero-order chi connectivity index (χ0) is 36.3. The Hall–Kier alpha value is -7.17.